The zero-order valence-corrected chi connectivity index (χ0v) is 10.9. The monoisotopic (exact) mass is 244 g/mol. The van der Waals surface area contributed by atoms with Gasteiger partial charge in [-0.05, 0) is 6.42 Å². The third kappa shape index (κ3) is 4.61. The zero-order valence-electron chi connectivity index (χ0n) is 10.9. The van der Waals surface area contributed by atoms with Crippen molar-refractivity contribution in [3.8, 4) is 0 Å². The lowest BCUT2D eigenvalue weighted by molar-refractivity contribution is -0.130. The Labute approximate surface area is 103 Å². The Balaban J connectivity index is 2.22. The van der Waals surface area contributed by atoms with Gasteiger partial charge in [-0.15, -0.1) is 0 Å². The van der Waals surface area contributed by atoms with Crippen molar-refractivity contribution in [1.82, 2.24) is 4.90 Å². The van der Waals surface area contributed by atoms with Crippen LogP contribution in [0.15, 0.2) is 0 Å². The van der Waals surface area contributed by atoms with Crippen LogP contribution in [0.3, 0.4) is 0 Å². The van der Waals surface area contributed by atoms with Crippen LogP contribution in [-0.4, -0.2) is 56.9 Å². The van der Waals surface area contributed by atoms with Crippen molar-refractivity contribution in [2.75, 3.05) is 40.5 Å². The average Bonchev–Trinajstić information content (AvgIpc) is 2.35. The number of carbonyl (C=O) groups is 1. The van der Waals surface area contributed by atoms with Crippen molar-refractivity contribution in [3.05, 3.63) is 0 Å². The Morgan fingerprint density at radius 2 is 2.06 bits per heavy atom. The van der Waals surface area contributed by atoms with Gasteiger partial charge < -0.3 is 20.1 Å². The number of hydrogen-bond donors (Lipinski definition) is 1. The summed E-state index contributed by atoms with van der Waals surface area (Å²) < 4.78 is 11.2. The maximum atomic E-state index is 11.4. The van der Waals surface area contributed by atoms with E-state index in [1.54, 1.807) is 19.0 Å². The summed E-state index contributed by atoms with van der Waals surface area (Å²) in [6, 6.07) is 0. The van der Waals surface area contributed by atoms with E-state index in [2.05, 4.69) is 0 Å². The van der Waals surface area contributed by atoms with E-state index in [1.807, 2.05) is 0 Å². The molecule has 0 spiro atoms. The summed E-state index contributed by atoms with van der Waals surface area (Å²) >= 11 is 0. The Hall–Kier alpha value is -0.650. The van der Waals surface area contributed by atoms with Crippen molar-refractivity contribution < 1.29 is 14.3 Å². The predicted octanol–water partition coefficient (Wildman–Crippen LogP) is 0.379. The van der Waals surface area contributed by atoms with Crippen LogP contribution in [0.4, 0.5) is 0 Å². The first-order chi connectivity index (χ1) is 8.09. The largest absolute Gasteiger partial charge is 0.381 e. The van der Waals surface area contributed by atoms with E-state index in [4.69, 9.17) is 15.2 Å². The second kappa shape index (κ2) is 6.93. The van der Waals surface area contributed by atoms with Gasteiger partial charge in [-0.2, -0.15) is 0 Å². The fraction of sp³-hybridized carbons (Fsp3) is 0.917. The van der Waals surface area contributed by atoms with Crippen molar-refractivity contribution in [3.63, 3.8) is 0 Å². The van der Waals surface area contributed by atoms with Crippen LogP contribution in [-0.2, 0) is 14.3 Å². The van der Waals surface area contributed by atoms with E-state index in [-0.39, 0.29) is 11.5 Å². The van der Waals surface area contributed by atoms with Crippen LogP contribution in [0, 0.1) is 0 Å². The first kappa shape index (κ1) is 14.4. The maximum Gasteiger partial charge on any atom is 0.222 e. The van der Waals surface area contributed by atoms with Crippen molar-refractivity contribution >= 4 is 5.91 Å². The van der Waals surface area contributed by atoms with Crippen molar-refractivity contribution in [2.24, 2.45) is 5.73 Å². The molecule has 100 valence electrons. The number of nitrogens with zero attached hydrogens (tertiary/aromatic N) is 1. The van der Waals surface area contributed by atoms with Gasteiger partial charge in [0.05, 0.1) is 5.60 Å². The number of amides is 1. The second-order valence-corrected chi connectivity index (χ2v) is 4.74. The number of rotatable bonds is 6. The summed E-state index contributed by atoms with van der Waals surface area (Å²) in [5.41, 5.74) is 5.55. The molecule has 0 bridgehead atoms. The molecule has 0 aromatic heterocycles. The van der Waals surface area contributed by atoms with Gasteiger partial charge >= 0.3 is 0 Å². The third-order valence-electron chi connectivity index (χ3n) is 3.22. The van der Waals surface area contributed by atoms with Gasteiger partial charge in [-0.3, -0.25) is 4.79 Å². The quantitative estimate of drug-likeness (QED) is 0.686. The fourth-order valence-corrected chi connectivity index (χ4v) is 1.89. The van der Waals surface area contributed by atoms with Gasteiger partial charge in [-0.1, -0.05) is 0 Å². The molecule has 0 aliphatic carbocycles. The molecule has 0 saturated carbocycles. The maximum absolute atomic E-state index is 11.4. The Morgan fingerprint density at radius 3 is 2.59 bits per heavy atom. The minimum absolute atomic E-state index is 0.141. The molecule has 1 rings (SSSR count). The molecule has 0 aromatic rings. The van der Waals surface area contributed by atoms with Gasteiger partial charge in [0.15, 0.2) is 0 Å². The summed E-state index contributed by atoms with van der Waals surface area (Å²) in [7, 11) is 3.53. The van der Waals surface area contributed by atoms with Crippen molar-refractivity contribution in [2.45, 2.75) is 31.3 Å². The minimum Gasteiger partial charge on any atom is -0.381 e. The van der Waals surface area contributed by atoms with Crippen LogP contribution in [0.2, 0.25) is 0 Å². The van der Waals surface area contributed by atoms with E-state index >= 15 is 0 Å². The number of hydrogen-bond acceptors (Lipinski definition) is 4. The molecule has 1 amide bonds. The predicted molar refractivity (Wildman–Crippen MR) is 65.7 cm³/mol. The smallest absolute Gasteiger partial charge is 0.222 e. The zero-order chi connectivity index (χ0) is 12.7. The van der Waals surface area contributed by atoms with Crippen LogP contribution >= 0.6 is 0 Å². The fourth-order valence-electron chi connectivity index (χ4n) is 1.89. The molecule has 1 aliphatic heterocycles. The molecule has 17 heavy (non-hydrogen) atoms. The Morgan fingerprint density at radius 1 is 1.41 bits per heavy atom. The highest BCUT2D eigenvalue weighted by Crippen LogP contribution is 2.24. The highest BCUT2D eigenvalue weighted by molar-refractivity contribution is 5.75. The topological polar surface area (TPSA) is 64.8 Å². The SMILES string of the molecule is CN(C)C(=O)CCCOC1(CN)CCOCC1. The molecule has 0 aromatic carbocycles. The lowest BCUT2D eigenvalue weighted by Gasteiger charge is -2.36. The van der Waals surface area contributed by atoms with Crippen LogP contribution in [0.25, 0.3) is 0 Å². The first-order valence-electron chi connectivity index (χ1n) is 6.21. The molecule has 2 N–H and O–H groups in total. The van der Waals surface area contributed by atoms with E-state index < -0.39 is 0 Å². The van der Waals surface area contributed by atoms with Gasteiger partial charge in [0.25, 0.3) is 0 Å². The highest BCUT2D eigenvalue weighted by atomic mass is 16.5. The van der Waals surface area contributed by atoms with E-state index in [9.17, 15) is 4.79 Å². The van der Waals surface area contributed by atoms with Crippen LogP contribution < -0.4 is 5.73 Å². The Bertz CT molecular complexity index is 238. The number of ether oxygens (including phenoxy) is 2. The lowest BCUT2D eigenvalue weighted by atomic mass is 9.94. The molecule has 0 unspecified atom stereocenters. The summed E-state index contributed by atoms with van der Waals surface area (Å²) in [6.07, 6.45) is 2.99. The van der Waals surface area contributed by atoms with E-state index in [0.29, 0.717) is 32.8 Å². The molecule has 0 radical (unpaired) electrons. The third-order valence-corrected chi connectivity index (χ3v) is 3.22. The second-order valence-electron chi connectivity index (χ2n) is 4.74. The van der Waals surface area contributed by atoms with Gasteiger partial charge in [-0.25, -0.2) is 0 Å². The molecule has 1 heterocycles. The van der Waals surface area contributed by atoms with Gasteiger partial charge in [0, 0.05) is 59.7 Å². The van der Waals surface area contributed by atoms with Crippen molar-refractivity contribution in [1.29, 1.82) is 0 Å². The molecule has 1 aliphatic rings. The van der Waals surface area contributed by atoms with E-state index in [1.165, 1.54) is 0 Å². The van der Waals surface area contributed by atoms with Crippen LogP contribution in [0.1, 0.15) is 25.7 Å². The summed E-state index contributed by atoms with van der Waals surface area (Å²) in [5.74, 6) is 0.141. The minimum atomic E-state index is -0.223. The number of nitrogens with two attached hydrogens (primary N) is 1. The average molecular weight is 244 g/mol. The summed E-state index contributed by atoms with van der Waals surface area (Å²) in [6.45, 7) is 2.55. The molecular formula is C12H24N2O3. The lowest BCUT2D eigenvalue weighted by Crippen LogP contribution is -2.45. The number of carbonyl (C=O) groups excluding carboxylic acids is 1. The van der Waals surface area contributed by atoms with Gasteiger partial charge in [0.1, 0.15) is 0 Å². The standard InChI is InChI=1S/C12H24N2O3/c1-14(2)11(15)4-3-7-17-12(10-13)5-8-16-9-6-12/h3-10,13H2,1-2H3. The van der Waals surface area contributed by atoms with E-state index in [0.717, 1.165) is 19.3 Å². The normalized spacial score (nSPS) is 19.0. The van der Waals surface area contributed by atoms with Crippen LogP contribution in [0.5, 0.6) is 0 Å². The highest BCUT2D eigenvalue weighted by Gasteiger charge is 2.31. The molecular weight excluding hydrogens is 220 g/mol. The first-order valence-corrected chi connectivity index (χ1v) is 6.21. The summed E-state index contributed by atoms with van der Waals surface area (Å²) in [5, 5.41) is 0. The van der Waals surface area contributed by atoms with Gasteiger partial charge in [0.2, 0.25) is 5.91 Å². The Kier molecular flexibility index (Phi) is 5.88. The molecule has 5 heteroatoms. The molecule has 1 fully saturated rings. The molecule has 1 saturated heterocycles. The molecule has 5 nitrogen and oxygen atoms in total. The summed E-state index contributed by atoms with van der Waals surface area (Å²) in [4.78, 5) is 13.0. The molecule has 0 atom stereocenters.